The molecule has 0 fully saturated rings. The summed E-state index contributed by atoms with van der Waals surface area (Å²) in [5.74, 6) is -0.691. The van der Waals surface area contributed by atoms with E-state index in [0.717, 1.165) is 5.56 Å². The first-order chi connectivity index (χ1) is 10.9. The molecule has 6 heteroatoms. The highest BCUT2D eigenvalue weighted by atomic mass is 16.2. The molecule has 1 rings (SSSR count). The van der Waals surface area contributed by atoms with E-state index in [1.807, 2.05) is 32.9 Å². The van der Waals surface area contributed by atoms with Crippen LogP contribution in [0.3, 0.4) is 0 Å². The molecule has 0 spiro atoms. The Bertz CT molecular complexity index is 568. The van der Waals surface area contributed by atoms with Crippen molar-refractivity contribution >= 4 is 17.7 Å². The van der Waals surface area contributed by atoms with Gasteiger partial charge in [-0.25, -0.2) is 0 Å². The Kier molecular flexibility index (Phi) is 7.25. The molecule has 0 heterocycles. The van der Waals surface area contributed by atoms with Gasteiger partial charge in [0.15, 0.2) is 0 Å². The molecule has 1 N–H and O–H groups in total. The van der Waals surface area contributed by atoms with E-state index >= 15 is 0 Å². The van der Waals surface area contributed by atoms with Crippen LogP contribution in [0.1, 0.15) is 29.8 Å². The van der Waals surface area contributed by atoms with Crippen LogP contribution in [-0.2, 0) is 9.59 Å². The highest BCUT2D eigenvalue weighted by Gasteiger charge is 2.17. The molecule has 0 aromatic heterocycles. The molecular weight excluding hydrogens is 294 g/mol. The summed E-state index contributed by atoms with van der Waals surface area (Å²) < 4.78 is 0. The number of rotatable bonds is 7. The largest absolute Gasteiger partial charge is 0.343 e. The molecule has 0 unspecified atom stereocenters. The van der Waals surface area contributed by atoms with E-state index in [0.29, 0.717) is 18.7 Å². The predicted octanol–water partition coefficient (Wildman–Crippen LogP) is 1.05. The molecule has 23 heavy (non-hydrogen) atoms. The third-order valence-corrected chi connectivity index (χ3v) is 3.70. The van der Waals surface area contributed by atoms with Crippen molar-refractivity contribution in [3.8, 4) is 0 Å². The zero-order chi connectivity index (χ0) is 17.4. The second-order valence-corrected chi connectivity index (χ2v) is 5.31. The Labute approximate surface area is 137 Å². The van der Waals surface area contributed by atoms with E-state index in [1.165, 1.54) is 4.90 Å². The highest BCUT2D eigenvalue weighted by Crippen LogP contribution is 2.06. The summed E-state index contributed by atoms with van der Waals surface area (Å²) in [5.41, 5.74) is 1.39. The van der Waals surface area contributed by atoms with Crippen molar-refractivity contribution in [2.75, 3.05) is 33.2 Å². The van der Waals surface area contributed by atoms with Crippen LogP contribution in [0.15, 0.2) is 24.3 Å². The van der Waals surface area contributed by atoms with E-state index < -0.39 is 0 Å². The summed E-state index contributed by atoms with van der Waals surface area (Å²) in [5, 5.41) is 2.60. The summed E-state index contributed by atoms with van der Waals surface area (Å²) in [6.45, 7) is 6.74. The van der Waals surface area contributed by atoms with Crippen LogP contribution in [0.25, 0.3) is 0 Å². The lowest BCUT2D eigenvalue weighted by Gasteiger charge is -2.23. The SMILES string of the molecule is CCN(CC)C(=O)CN(C)C(=O)CNC(=O)c1ccccc1C. The standard InChI is InChI=1S/C17H25N3O3/c1-5-20(6-2)16(22)12-19(4)15(21)11-18-17(23)14-10-8-7-9-13(14)3/h7-10H,5-6,11-12H2,1-4H3,(H,18,23). The minimum Gasteiger partial charge on any atom is -0.343 e. The molecule has 0 aliphatic carbocycles. The lowest BCUT2D eigenvalue weighted by molar-refractivity contribution is -0.138. The van der Waals surface area contributed by atoms with Gasteiger partial charge in [-0.15, -0.1) is 0 Å². The van der Waals surface area contributed by atoms with Crippen molar-refractivity contribution in [1.29, 1.82) is 0 Å². The van der Waals surface area contributed by atoms with Crippen molar-refractivity contribution in [1.82, 2.24) is 15.1 Å². The Hall–Kier alpha value is -2.37. The monoisotopic (exact) mass is 319 g/mol. The lowest BCUT2D eigenvalue weighted by Crippen LogP contribution is -2.44. The van der Waals surface area contributed by atoms with Crippen molar-refractivity contribution in [2.45, 2.75) is 20.8 Å². The number of carbonyl (C=O) groups excluding carboxylic acids is 3. The van der Waals surface area contributed by atoms with Crippen LogP contribution in [0.5, 0.6) is 0 Å². The second-order valence-electron chi connectivity index (χ2n) is 5.31. The minimum absolute atomic E-state index is 0.0146. The molecule has 1 aromatic rings. The van der Waals surface area contributed by atoms with Gasteiger partial charge in [0.25, 0.3) is 5.91 Å². The van der Waals surface area contributed by atoms with E-state index in [2.05, 4.69) is 5.32 Å². The summed E-state index contributed by atoms with van der Waals surface area (Å²) in [4.78, 5) is 39.1. The van der Waals surface area contributed by atoms with Crippen LogP contribution >= 0.6 is 0 Å². The van der Waals surface area contributed by atoms with Crippen LogP contribution in [0, 0.1) is 6.92 Å². The van der Waals surface area contributed by atoms with Crippen molar-refractivity contribution in [2.24, 2.45) is 0 Å². The van der Waals surface area contributed by atoms with Crippen molar-refractivity contribution in [3.63, 3.8) is 0 Å². The number of amides is 3. The average molecular weight is 319 g/mol. The first kappa shape index (κ1) is 18.7. The number of hydrogen-bond donors (Lipinski definition) is 1. The first-order valence-electron chi connectivity index (χ1n) is 7.76. The third-order valence-electron chi connectivity index (χ3n) is 3.70. The number of carbonyl (C=O) groups is 3. The maximum absolute atomic E-state index is 12.1. The quantitative estimate of drug-likeness (QED) is 0.817. The summed E-state index contributed by atoms with van der Waals surface area (Å²) in [7, 11) is 1.56. The maximum atomic E-state index is 12.1. The van der Waals surface area contributed by atoms with Gasteiger partial charge in [-0.2, -0.15) is 0 Å². The number of aryl methyl sites for hydroxylation is 1. The number of hydrogen-bond acceptors (Lipinski definition) is 3. The second kappa shape index (κ2) is 8.92. The van der Waals surface area contributed by atoms with Crippen molar-refractivity contribution in [3.05, 3.63) is 35.4 Å². The summed E-state index contributed by atoms with van der Waals surface area (Å²) in [6, 6.07) is 7.18. The fourth-order valence-corrected chi connectivity index (χ4v) is 2.18. The smallest absolute Gasteiger partial charge is 0.251 e. The number of likely N-dealkylation sites (N-methyl/N-ethyl adjacent to an activating group) is 2. The van der Waals surface area contributed by atoms with Gasteiger partial charge in [0.1, 0.15) is 0 Å². The molecule has 0 bridgehead atoms. The summed E-state index contributed by atoms with van der Waals surface area (Å²) >= 11 is 0. The zero-order valence-electron chi connectivity index (χ0n) is 14.3. The number of nitrogens with zero attached hydrogens (tertiary/aromatic N) is 2. The lowest BCUT2D eigenvalue weighted by atomic mass is 10.1. The molecule has 6 nitrogen and oxygen atoms in total. The molecule has 3 amide bonds. The number of nitrogens with one attached hydrogen (secondary N) is 1. The van der Waals surface area contributed by atoms with Gasteiger partial charge in [0, 0.05) is 25.7 Å². The van der Waals surface area contributed by atoms with Gasteiger partial charge in [-0.1, -0.05) is 18.2 Å². The normalized spacial score (nSPS) is 10.1. The molecule has 126 valence electrons. The summed E-state index contributed by atoms with van der Waals surface area (Å²) in [6.07, 6.45) is 0. The van der Waals surface area contributed by atoms with E-state index in [9.17, 15) is 14.4 Å². The minimum atomic E-state index is -0.299. The maximum Gasteiger partial charge on any atom is 0.251 e. The molecule has 0 aliphatic rings. The first-order valence-corrected chi connectivity index (χ1v) is 7.76. The Morgan fingerprint density at radius 2 is 1.65 bits per heavy atom. The van der Waals surface area contributed by atoms with Gasteiger partial charge in [-0.05, 0) is 32.4 Å². The Balaban J connectivity index is 2.51. The predicted molar refractivity (Wildman–Crippen MR) is 89.1 cm³/mol. The molecule has 1 aromatic carbocycles. The van der Waals surface area contributed by atoms with E-state index in [-0.39, 0.29) is 30.8 Å². The van der Waals surface area contributed by atoms with Crippen LogP contribution in [0.4, 0.5) is 0 Å². The van der Waals surface area contributed by atoms with Gasteiger partial charge < -0.3 is 15.1 Å². The fourth-order valence-electron chi connectivity index (χ4n) is 2.18. The molecule has 0 aliphatic heterocycles. The zero-order valence-corrected chi connectivity index (χ0v) is 14.3. The van der Waals surface area contributed by atoms with E-state index in [4.69, 9.17) is 0 Å². The van der Waals surface area contributed by atoms with Crippen LogP contribution in [0.2, 0.25) is 0 Å². The van der Waals surface area contributed by atoms with Gasteiger partial charge >= 0.3 is 0 Å². The van der Waals surface area contributed by atoms with Crippen molar-refractivity contribution < 1.29 is 14.4 Å². The van der Waals surface area contributed by atoms with Crippen LogP contribution in [-0.4, -0.2) is 60.7 Å². The fraction of sp³-hybridized carbons (Fsp3) is 0.471. The van der Waals surface area contributed by atoms with Gasteiger partial charge in [-0.3, -0.25) is 14.4 Å². The average Bonchev–Trinajstić information content (AvgIpc) is 2.53. The molecule has 0 atom stereocenters. The highest BCUT2D eigenvalue weighted by molar-refractivity contribution is 5.97. The Morgan fingerprint density at radius 3 is 2.22 bits per heavy atom. The Morgan fingerprint density at radius 1 is 1.04 bits per heavy atom. The molecule has 0 saturated carbocycles. The molecule has 0 radical (unpaired) electrons. The molecule has 0 saturated heterocycles. The third kappa shape index (κ3) is 5.39. The van der Waals surface area contributed by atoms with E-state index in [1.54, 1.807) is 24.1 Å². The topological polar surface area (TPSA) is 69.7 Å². The van der Waals surface area contributed by atoms with Gasteiger partial charge in [0.05, 0.1) is 13.1 Å². The van der Waals surface area contributed by atoms with Crippen LogP contribution < -0.4 is 5.32 Å². The molecular formula is C17H25N3O3. The van der Waals surface area contributed by atoms with Gasteiger partial charge in [0.2, 0.25) is 11.8 Å². The number of benzene rings is 1.